The highest BCUT2D eigenvalue weighted by Gasteiger charge is 2.33. The molecule has 0 amide bonds. The van der Waals surface area contributed by atoms with Crippen molar-refractivity contribution >= 4 is 11.5 Å². The first-order valence-electron chi connectivity index (χ1n) is 6.44. The predicted molar refractivity (Wildman–Crippen MR) is 76.0 cm³/mol. The van der Waals surface area contributed by atoms with Crippen LogP contribution in [-0.4, -0.2) is 31.7 Å². The smallest absolute Gasteiger partial charge is 0.172 e. The fraction of sp³-hybridized carbons (Fsp3) is 0.500. The van der Waals surface area contributed by atoms with E-state index in [1.165, 1.54) is 6.42 Å². The molecule has 2 unspecified atom stereocenters. The maximum absolute atomic E-state index is 8.87. The molecule has 0 aromatic heterocycles. The first kappa shape index (κ1) is 13.5. The van der Waals surface area contributed by atoms with E-state index < -0.39 is 0 Å². The van der Waals surface area contributed by atoms with Crippen LogP contribution in [0.2, 0.25) is 0 Å². The van der Waals surface area contributed by atoms with E-state index in [0.29, 0.717) is 0 Å². The van der Waals surface area contributed by atoms with Crippen LogP contribution in [0.25, 0.3) is 0 Å². The molecule has 2 rings (SSSR count). The Morgan fingerprint density at radius 1 is 1.58 bits per heavy atom. The van der Waals surface area contributed by atoms with Crippen LogP contribution in [-0.2, 0) is 0 Å². The van der Waals surface area contributed by atoms with E-state index in [1.807, 2.05) is 25.2 Å². The summed E-state index contributed by atoms with van der Waals surface area (Å²) in [6.07, 6.45) is 1.27. The third-order valence-corrected chi connectivity index (χ3v) is 3.78. The van der Waals surface area contributed by atoms with Gasteiger partial charge >= 0.3 is 0 Å². The molecule has 19 heavy (non-hydrogen) atoms. The van der Waals surface area contributed by atoms with E-state index in [1.54, 1.807) is 7.11 Å². The zero-order valence-corrected chi connectivity index (χ0v) is 11.6. The zero-order valence-electron chi connectivity index (χ0n) is 11.6. The van der Waals surface area contributed by atoms with Crippen LogP contribution in [0.4, 0.5) is 5.69 Å². The van der Waals surface area contributed by atoms with Crippen LogP contribution >= 0.6 is 0 Å². The maximum Gasteiger partial charge on any atom is 0.172 e. The number of methoxy groups -OCH3 is 1. The minimum atomic E-state index is 0.119. The highest BCUT2D eigenvalue weighted by atomic mass is 16.5. The SMILES string of the molecule is COc1ccc(/C(N)=N/O)c(N(C)CC2CC2C)c1. The lowest BCUT2D eigenvalue weighted by atomic mass is 10.1. The first-order chi connectivity index (χ1) is 9.06. The summed E-state index contributed by atoms with van der Waals surface area (Å²) in [6.45, 7) is 3.23. The Hall–Kier alpha value is -1.91. The average molecular weight is 263 g/mol. The van der Waals surface area contributed by atoms with Crippen molar-refractivity contribution in [3.8, 4) is 5.75 Å². The Morgan fingerprint density at radius 3 is 2.79 bits per heavy atom. The molecule has 1 saturated carbocycles. The van der Waals surface area contributed by atoms with Gasteiger partial charge in [0, 0.05) is 25.2 Å². The molecule has 1 aromatic carbocycles. The van der Waals surface area contributed by atoms with Crippen LogP contribution in [0.5, 0.6) is 5.75 Å². The second-order valence-electron chi connectivity index (χ2n) is 5.22. The third kappa shape index (κ3) is 2.92. The number of hydrogen-bond donors (Lipinski definition) is 2. The molecule has 3 N–H and O–H groups in total. The quantitative estimate of drug-likeness (QED) is 0.368. The number of amidine groups is 1. The lowest BCUT2D eigenvalue weighted by Gasteiger charge is -2.22. The van der Waals surface area contributed by atoms with Gasteiger partial charge in [-0.3, -0.25) is 0 Å². The Morgan fingerprint density at radius 2 is 2.26 bits per heavy atom. The molecule has 0 spiro atoms. The molecule has 1 aromatic rings. The molecule has 5 heteroatoms. The molecular weight excluding hydrogens is 242 g/mol. The van der Waals surface area contributed by atoms with Gasteiger partial charge in [0.15, 0.2) is 5.84 Å². The number of benzene rings is 1. The normalized spacial score (nSPS) is 22.2. The van der Waals surface area contributed by atoms with Crippen molar-refractivity contribution in [1.29, 1.82) is 0 Å². The van der Waals surface area contributed by atoms with Gasteiger partial charge in [-0.1, -0.05) is 12.1 Å². The lowest BCUT2D eigenvalue weighted by Crippen LogP contribution is -2.25. The lowest BCUT2D eigenvalue weighted by molar-refractivity contribution is 0.318. The van der Waals surface area contributed by atoms with Gasteiger partial charge in [0.25, 0.3) is 0 Å². The summed E-state index contributed by atoms with van der Waals surface area (Å²) in [7, 11) is 3.65. The van der Waals surface area contributed by atoms with Gasteiger partial charge in [-0.2, -0.15) is 0 Å². The highest BCUT2D eigenvalue weighted by molar-refractivity contribution is 6.02. The van der Waals surface area contributed by atoms with E-state index in [0.717, 1.165) is 35.4 Å². The van der Waals surface area contributed by atoms with Crippen LogP contribution in [0.1, 0.15) is 18.9 Å². The number of anilines is 1. The molecule has 1 aliphatic rings. The fourth-order valence-corrected chi connectivity index (χ4v) is 2.33. The van der Waals surface area contributed by atoms with Crippen molar-refractivity contribution in [2.45, 2.75) is 13.3 Å². The summed E-state index contributed by atoms with van der Waals surface area (Å²) in [4.78, 5) is 2.14. The van der Waals surface area contributed by atoms with Gasteiger partial charge in [0.05, 0.1) is 12.8 Å². The molecule has 0 aliphatic heterocycles. The van der Waals surface area contributed by atoms with E-state index in [2.05, 4.69) is 17.0 Å². The Balaban J connectivity index is 2.28. The summed E-state index contributed by atoms with van der Waals surface area (Å²) < 4.78 is 5.25. The van der Waals surface area contributed by atoms with E-state index in [4.69, 9.17) is 15.7 Å². The maximum atomic E-state index is 8.87. The number of nitrogens with two attached hydrogens (primary N) is 1. The van der Waals surface area contributed by atoms with Crippen LogP contribution in [0.3, 0.4) is 0 Å². The van der Waals surface area contributed by atoms with Gasteiger partial charge < -0.3 is 20.6 Å². The molecule has 1 aliphatic carbocycles. The number of hydrogen-bond acceptors (Lipinski definition) is 4. The van der Waals surface area contributed by atoms with Gasteiger partial charge in [-0.15, -0.1) is 0 Å². The zero-order chi connectivity index (χ0) is 14.0. The van der Waals surface area contributed by atoms with Crippen LogP contribution < -0.4 is 15.4 Å². The summed E-state index contributed by atoms with van der Waals surface area (Å²) in [5.41, 5.74) is 7.38. The molecule has 0 heterocycles. The Kier molecular flexibility index (Phi) is 3.83. The van der Waals surface area contributed by atoms with E-state index in [9.17, 15) is 0 Å². The molecule has 0 radical (unpaired) electrons. The van der Waals surface area contributed by atoms with Crippen molar-refractivity contribution in [2.75, 3.05) is 25.6 Å². The monoisotopic (exact) mass is 263 g/mol. The summed E-state index contributed by atoms with van der Waals surface area (Å²) in [6, 6.07) is 5.54. The number of ether oxygens (including phenoxy) is 1. The van der Waals surface area contributed by atoms with Crippen molar-refractivity contribution in [1.82, 2.24) is 0 Å². The second kappa shape index (κ2) is 5.38. The number of nitrogens with zero attached hydrogens (tertiary/aromatic N) is 2. The molecule has 5 nitrogen and oxygen atoms in total. The van der Waals surface area contributed by atoms with Gasteiger partial charge in [0.2, 0.25) is 0 Å². The van der Waals surface area contributed by atoms with Crippen LogP contribution in [0.15, 0.2) is 23.4 Å². The average Bonchev–Trinajstić information content (AvgIpc) is 3.12. The standard InChI is InChI=1S/C14H21N3O2/c1-9-6-10(9)8-17(2)13-7-11(19-3)4-5-12(13)14(15)16-18/h4-5,7,9-10,18H,6,8H2,1-3H3,(H2,15,16). The first-order valence-corrected chi connectivity index (χ1v) is 6.44. The van der Waals surface area contributed by atoms with Crippen LogP contribution in [0, 0.1) is 11.8 Å². The summed E-state index contributed by atoms with van der Waals surface area (Å²) >= 11 is 0. The summed E-state index contributed by atoms with van der Waals surface area (Å²) in [5, 5.41) is 12.0. The fourth-order valence-electron chi connectivity index (χ4n) is 2.33. The van der Waals surface area contributed by atoms with E-state index in [-0.39, 0.29) is 5.84 Å². The topological polar surface area (TPSA) is 71.1 Å². The largest absolute Gasteiger partial charge is 0.497 e. The second-order valence-corrected chi connectivity index (χ2v) is 5.22. The van der Waals surface area contributed by atoms with Crippen molar-refractivity contribution in [2.24, 2.45) is 22.7 Å². The minimum Gasteiger partial charge on any atom is -0.497 e. The third-order valence-electron chi connectivity index (χ3n) is 3.78. The van der Waals surface area contributed by atoms with Crippen molar-refractivity contribution in [3.05, 3.63) is 23.8 Å². The van der Waals surface area contributed by atoms with Gasteiger partial charge in [-0.25, -0.2) is 0 Å². The van der Waals surface area contributed by atoms with Crippen molar-refractivity contribution in [3.63, 3.8) is 0 Å². The van der Waals surface area contributed by atoms with Gasteiger partial charge in [-0.05, 0) is 30.4 Å². The summed E-state index contributed by atoms with van der Waals surface area (Å²) in [5.74, 6) is 2.41. The van der Waals surface area contributed by atoms with E-state index >= 15 is 0 Å². The number of rotatable bonds is 5. The molecule has 0 bridgehead atoms. The number of oxime groups is 1. The minimum absolute atomic E-state index is 0.119. The predicted octanol–water partition coefficient (Wildman–Crippen LogP) is 1.88. The molecule has 104 valence electrons. The molecule has 2 atom stereocenters. The Bertz CT molecular complexity index is 488. The highest BCUT2D eigenvalue weighted by Crippen LogP contribution is 2.39. The van der Waals surface area contributed by atoms with Crippen molar-refractivity contribution < 1.29 is 9.94 Å². The Labute approximate surface area is 113 Å². The molecule has 1 fully saturated rings. The molecular formula is C14H21N3O2. The molecule has 0 saturated heterocycles. The van der Waals surface area contributed by atoms with Gasteiger partial charge in [0.1, 0.15) is 5.75 Å².